The highest BCUT2D eigenvalue weighted by Crippen LogP contribution is 2.41. The Morgan fingerprint density at radius 1 is 1.05 bits per heavy atom. The van der Waals surface area contributed by atoms with Gasteiger partial charge in [-0.15, -0.1) is 0 Å². The van der Waals surface area contributed by atoms with E-state index in [1.165, 1.54) is 12.0 Å². The second-order valence-electron chi connectivity index (χ2n) is 5.59. The van der Waals surface area contributed by atoms with Crippen LogP contribution in [0.25, 0.3) is 11.0 Å². The fourth-order valence-corrected chi connectivity index (χ4v) is 3.21. The fraction of sp³-hybridized carbons (Fsp3) is 0.222. The number of furan rings is 1. The third-order valence-corrected chi connectivity index (χ3v) is 4.51. The van der Waals surface area contributed by atoms with Gasteiger partial charge in [-0.05, 0) is 29.7 Å². The van der Waals surface area contributed by atoms with Gasteiger partial charge >= 0.3 is 0 Å². The summed E-state index contributed by atoms with van der Waals surface area (Å²) in [6.45, 7) is 0.754. The molecule has 21 heavy (non-hydrogen) atoms. The van der Waals surface area contributed by atoms with Crippen LogP contribution >= 0.6 is 11.6 Å². The average molecular weight is 298 g/mol. The average Bonchev–Trinajstić information content (AvgIpc) is 3.23. The summed E-state index contributed by atoms with van der Waals surface area (Å²) in [5, 5.41) is 5.20. The molecule has 2 unspecified atom stereocenters. The lowest BCUT2D eigenvalue weighted by Gasteiger charge is -2.04. The van der Waals surface area contributed by atoms with Gasteiger partial charge in [0.15, 0.2) is 5.22 Å². The maximum absolute atomic E-state index is 6.22. The minimum atomic E-state index is 0.501. The topological polar surface area (TPSA) is 25.2 Å². The van der Waals surface area contributed by atoms with Crippen molar-refractivity contribution in [2.75, 3.05) is 0 Å². The molecule has 0 radical (unpaired) electrons. The molecule has 4 rings (SSSR count). The van der Waals surface area contributed by atoms with Crippen LogP contribution in [0.15, 0.2) is 59.0 Å². The van der Waals surface area contributed by atoms with E-state index in [-0.39, 0.29) is 0 Å². The lowest BCUT2D eigenvalue weighted by Crippen LogP contribution is -2.17. The lowest BCUT2D eigenvalue weighted by molar-refractivity contribution is 0.602. The monoisotopic (exact) mass is 297 g/mol. The molecule has 0 amide bonds. The molecule has 2 aromatic carbocycles. The number of rotatable bonds is 4. The molecule has 0 aliphatic heterocycles. The standard InChI is InChI=1S/C18H16ClNO/c19-18-15(13-8-4-5-9-17(13)21-18)11-20-16-10-14(16)12-6-2-1-3-7-12/h1-9,14,16,20H,10-11H2. The number of benzene rings is 2. The van der Waals surface area contributed by atoms with Gasteiger partial charge in [-0.1, -0.05) is 48.5 Å². The third-order valence-electron chi connectivity index (χ3n) is 4.21. The summed E-state index contributed by atoms with van der Waals surface area (Å²) >= 11 is 6.22. The molecule has 1 heterocycles. The van der Waals surface area contributed by atoms with Gasteiger partial charge < -0.3 is 9.73 Å². The molecular weight excluding hydrogens is 282 g/mol. The summed E-state index contributed by atoms with van der Waals surface area (Å²) in [6, 6.07) is 19.2. The number of hydrogen-bond donors (Lipinski definition) is 1. The number of fused-ring (bicyclic) bond motifs is 1. The highest BCUT2D eigenvalue weighted by Gasteiger charge is 2.37. The van der Waals surface area contributed by atoms with Crippen molar-refractivity contribution in [2.24, 2.45) is 0 Å². The molecule has 3 heteroatoms. The molecule has 0 saturated heterocycles. The Labute approximate surface area is 128 Å². The van der Waals surface area contributed by atoms with Gasteiger partial charge in [0.25, 0.3) is 0 Å². The van der Waals surface area contributed by atoms with E-state index >= 15 is 0 Å². The Bertz CT molecular complexity index is 765. The summed E-state index contributed by atoms with van der Waals surface area (Å²) in [4.78, 5) is 0. The van der Waals surface area contributed by atoms with Crippen molar-refractivity contribution < 1.29 is 4.42 Å². The van der Waals surface area contributed by atoms with Crippen LogP contribution in [0.2, 0.25) is 5.22 Å². The van der Waals surface area contributed by atoms with E-state index in [0.29, 0.717) is 17.2 Å². The van der Waals surface area contributed by atoms with Crippen molar-refractivity contribution in [2.45, 2.75) is 24.9 Å². The highest BCUT2D eigenvalue weighted by molar-refractivity contribution is 6.30. The van der Waals surface area contributed by atoms with Gasteiger partial charge in [-0.2, -0.15) is 0 Å². The van der Waals surface area contributed by atoms with E-state index in [2.05, 4.69) is 41.7 Å². The first kappa shape index (κ1) is 12.9. The quantitative estimate of drug-likeness (QED) is 0.753. The van der Waals surface area contributed by atoms with E-state index in [0.717, 1.165) is 23.1 Å². The van der Waals surface area contributed by atoms with Crippen molar-refractivity contribution >= 4 is 22.6 Å². The van der Waals surface area contributed by atoms with Crippen LogP contribution in [-0.2, 0) is 6.54 Å². The van der Waals surface area contributed by atoms with Crippen LogP contribution in [0.1, 0.15) is 23.5 Å². The SMILES string of the molecule is Clc1oc2ccccc2c1CNC1CC1c1ccccc1. The van der Waals surface area contributed by atoms with Gasteiger partial charge in [-0.3, -0.25) is 0 Å². The van der Waals surface area contributed by atoms with Gasteiger partial charge in [0.05, 0.1) is 0 Å². The van der Waals surface area contributed by atoms with E-state index in [1.54, 1.807) is 0 Å². The molecule has 0 spiro atoms. The van der Waals surface area contributed by atoms with Gasteiger partial charge in [0.2, 0.25) is 0 Å². The van der Waals surface area contributed by atoms with Gasteiger partial charge in [-0.25, -0.2) is 0 Å². The Morgan fingerprint density at radius 3 is 2.67 bits per heavy atom. The predicted molar refractivity (Wildman–Crippen MR) is 85.7 cm³/mol. The zero-order valence-corrected chi connectivity index (χ0v) is 12.3. The van der Waals surface area contributed by atoms with Crippen LogP contribution in [0.3, 0.4) is 0 Å². The first-order valence-electron chi connectivity index (χ1n) is 7.27. The van der Waals surface area contributed by atoms with Crippen LogP contribution in [0.4, 0.5) is 0 Å². The third kappa shape index (κ3) is 2.45. The molecule has 1 aliphatic carbocycles. The Kier molecular flexibility index (Phi) is 3.21. The molecule has 2 atom stereocenters. The Morgan fingerprint density at radius 2 is 1.81 bits per heavy atom. The second kappa shape index (κ2) is 5.21. The number of halogens is 1. The summed E-state index contributed by atoms with van der Waals surface area (Å²) in [5.74, 6) is 0.628. The molecule has 2 nitrogen and oxygen atoms in total. The maximum atomic E-state index is 6.22. The number of nitrogens with one attached hydrogen (secondary N) is 1. The smallest absolute Gasteiger partial charge is 0.199 e. The van der Waals surface area contributed by atoms with E-state index in [9.17, 15) is 0 Å². The second-order valence-corrected chi connectivity index (χ2v) is 5.93. The van der Waals surface area contributed by atoms with Crippen molar-refractivity contribution in [3.63, 3.8) is 0 Å². The first-order valence-corrected chi connectivity index (χ1v) is 7.65. The number of hydrogen-bond acceptors (Lipinski definition) is 2. The summed E-state index contributed by atoms with van der Waals surface area (Å²) in [6.07, 6.45) is 1.19. The molecule has 1 aliphatic rings. The predicted octanol–water partition coefficient (Wildman–Crippen LogP) is 4.73. The molecule has 1 aromatic heterocycles. The van der Waals surface area contributed by atoms with Crippen LogP contribution < -0.4 is 5.32 Å². The van der Waals surface area contributed by atoms with Crippen LogP contribution in [0.5, 0.6) is 0 Å². The first-order chi connectivity index (χ1) is 10.3. The molecule has 0 bridgehead atoms. The minimum Gasteiger partial charge on any atom is -0.444 e. The molecule has 1 N–H and O–H groups in total. The van der Waals surface area contributed by atoms with E-state index < -0.39 is 0 Å². The molecule has 3 aromatic rings. The summed E-state index contributed by atoms with van der Waals surface area (Å²) < 4.78 is 5.59. The normalized spacial score (nSPS) is 20.8. The van der Waals surface area contributed by atoms with Gasteiger partial charge in [0, 0.05) is 29.5 Å². The zero-order valence-electron chi connectivity index (χ0n) is 11.6. The van der Waals surface area contributed by atoms with E-state index in [4.69, 9.17) is 16.0 Å². The Balaban J connectivity index is 1.47. The minimum absolute atomic E-state index is 0.501. The van der Waals surface area contributed by atoms with E-state index in [1.807, 2.05) is 18.2 Å². The number of para-hydroxylation sites is 1. The van der Waals surface area contributed by atoms with Crippen molar-refractivity contribution in [1.29, 1.82) is 0 Å². The maximum Gasteiger partial charge on any atom is 0.199 e. The summed E-state index contributed by atoms with van der Waals surface area (Å²) in [5.41, 5.74) is 3.33. The fourth-order valence-electron chi connectivity index (χ4n) is 2.96. The summed E-state index contributed by atoms with van der Waals surface area (Å²) in [7, 11) is 0. The van der Waals surface area contributed by atoms with Gasteiger partial charge in [0.1, 0.15) is 5.58 Å². The van der Waals surface area contributed by atoms with Crippen LogP contribution in [-0.4, -0.2) is 6.04 Å². The Hall–Kier alpha value is -1.77. The lowest BCUT2D eigenvalue weighted by atomic mass is 10.1. The molecule has 106 valence electrons. The zero-order chi connectivity index (χ0) is 14.2. The molecular formula is C18H16ClNO. The largest absolute Gasteiger partial charge is 0.444 e. The molecule has 1 fully saturated rings. The van der Waals surface area contributed by atoms with Crippen molar-refractivity contribution in [3.8, 4) is 0 Å². The molecule has 1 saturated carbocycles. The van der Waals surface area contributed by atoms with Crippen LogP contribution in [0, 0.1) is 0 Å². The highest BCUT2D eigenvalue weighted by atomic mass is 35.5. The van der Waals surface area contributed by atoms with Crippen molar-refractivity contribution in [1.82, 2.24) is 5.32 Å². The van der Waals surface area contributed by atoms with Crippen molar-refractivity contribution in [3.05, 3.63) is 70.9 Å².